The van der Waals surface area contributed by atoms with Gasteiger partial charge in [0.25, 0.3) is 0 Å². The maximum absolute atomic E-state index is 2.43. The summed E-state index contributed by atoms with van der Waals surface area (Å²) in [7, 11) is 0. The van der Waals surface area contributed by atoms with E-state index in [-0.39, 0.29) is 0 Å². The summed E-state index contributed by atoms with van der Waals surface area (Å²) in [4.78, 5) is 0. The smallest absolute Gasteiger partial charge is 0.000763 e. The molecule has 0 nitrogen and oxygen atoms in total. The van der Waals surface area contributed by atoms with Crippen LogP contribution < -0.4 is 10.4 Å². The first-order valence-electron chi connectivity index (χ1n) is 12.6. The van der Waals surface area contributed by atoms with Crippen LogP contribution in [0.4, 0.5) is 0 Å². The summed E-state index contributed by atoms with van der Waals surface area (Å²) in [6.07, 6.45) is 4.84. The van der Waals surface area contributed by atoms with Crippen molar-refractivity contribution in [3.8, 4) is 0 Å². The molecule has 0 bridgehead atoms. The number of benzene rings is 7. The van der Waals surface area contributed by atoms with Crippen molar-refractivity contribution < 1.29 is 0 Å². The minimum atomic E-state index is 1.30. The zero-order valence-corrected chi connectivity index (χ0v) is 19.5. The quantitative estimate of drug-likeness (QED) is 0.214. The van der Waals surface area contributed by atoms with E-state index in [1.54, 1.807) is 0 Å². The highest BCUT2D eigenvalue weighted by molar-refractivity contribution is 6.14. The van der Waals surface area contributed by atoms with Gasteiger partial charge in [0.2, 0.25) is 0 Å². The van der Waals surface area contributed by atoms with Crippen LogP contribution in [0.15, 0.2) is 109 Å². The minimum absolute atomic E-state index is 1.30. The first-order valence-corrected chi connectivity index (χ1v) is 12.6. The van der Waals surface area contributed by atoms with E-state index in [0.29, 0.717) is 0 Å². The third-order valence-electron chi connectivity index (χ3n) is 8.31. The zero-order chi connectivity index (χ0) is 23.4. The molecule has 36 heavy (non-hydrogen) atoms. The van der Waals surface area contributed by atoms with Crippen LogP contribution in [0.1, 0.15) is 11.1 Å². The van der Waals surface area contributed by atoms with Crippen molar-refractivity contribution in [1.29, 1.82) is 0 Å². The molecule has 0 N–H and O–H groups in total. The summed E-state index contributed by atoms with van der Waals surface area (Å²) in [5.41, 5.74) is 2.71. The minimum Gasteiger partial charge on any atom is -0.0616 e. The normalized spacial score (nSPS) is 12.9. The Hall–Kier alpha value is -4.68. The van der Waals surface area contributed by atoms with E-state index in [2.05, 4.69) is 121 Å². The summed E-state index contributed by atoms with van der Waals surface area (Å²) >= 11 is 0. The van der Waals surface area contributed by atoms with Gasteiger partial charge < -0.3 is 0 Å². The molecule has 0 heteroatoms. The molecular weight excluding hydrogens is 432 g/mol. The second-order valence-corrected chi connectivity index (χ2v) is 10.1. The molecule has 0 atom stereocenters. The van der Waals surface area contributed by atoms with Crippen LogP contribution in [0.2, 0.25) is 0 Å². The van der Waals surface area contributed by atoms with Gasteiger partial charge >= 0.3 is 0 Å². The van der Waals surface area contributed by atoms with Crippen LogP contribution >= 0.6 is 0 Å². The standard InChI is InChI=1S/C36H20/c1-3-9-25-21(7-1)13-15-23-19-32-30(33(23)25)18-17-29-27-11-5-6-12-28(27)31-20-24-16-14-22-8-2-4-10-26(22)34(24)36(31)35(29)32/h1-20H. The fraction of sp³-hybridized carbons (Fsp3) is 0. The summed E-state index contributed by atoms with van der Waals surface area (Å²) in [6.45, 7) is 0. The van der Waals surface area contributed by atoms with Crippen molar-refractivity contribution in [2.24, 2.45) is 0 Å². The number of hydrogen-bond acceptors (Lipinski definition) is 0. The maximum atomic E-state index is 2.43. The summed E-state index contributed by atoms with van der Waals surface area (Å²) in [5.74, 6) is 0. The van der Waals surface area contributed by atoms with Gasteiger partial charge in [-0.1, -0.05) is 109 Å². The fourth-order valence-electron chi connectivity index (χ4n) is 6.82. The Bertz CT molecular complexity index is 2460. The summed E-state index contributed by atoms with van der Waals surface area (Å²) in [6, 6.07) is 40.4. The molecule has 2 aliphatic carbocycles. The molecule has 0 fully saturated rings. The van der Waals surface area contributed by atoms with Crippen LogP contribution in [-0.4, -0.2) is 0 Å². The van der Waals surface area contributed by atoms with E-state index in [1.165, 1.54) is 85.5 Å². The van der Waals surface area contributed by atoms with E-state index in [4.69, 9.17) is 0 Å². The molecule has 2 aliphatic rings. The van der Waals surface area contributed by atoms with E-state index in [1.807, 2.05) is 0 Å². The Morgan fingerprint density at radius 2 is 0.917 bits per heavy atom. The zero-order valence-electron chi connectivity index (χ0n) is 19.5. The molecule has 0 saturated heterocycles. The van der Waals surface area contributed by atoms with Gasteiger partial charge in [0.05, 0.1) is 0 Å². The van der Waals surface area contributed by atoms with Crippen molar-refractivity contribution in [2.75, 3.05) is 0 Å². The second kappa shape index (κ2) is 6.50. The molecular formula is C36H20. The lowest BCUT2D eigenvalue weighted by Crippen LogP contribution is -1.99. The predicted octanol–water partition coefficient (Wildman–Crippen LogP) is 7.16. The van der Waals surface area contributed by atoms with Crippen LogP contribution in [0, 0.1) is 20.9 Å². The van der Waals surface area contributed by atoms with Crippen molar-refractivity contribution in [3.05, 3.63) is 152 Å². The monoisotopic (exact) mass is 452 g/mol. The average molecular weight is 453 g/mol. The third-order valence-corrected chi connectivity index (χ3v) is 8.31. The lowest BCUT2D eigenvalue weighted by Gasteiger charge is -2.11. The lowest BCUT2D eigenvalue weighted by atomic mass is 9.91. The molecule has 0 radical (unpaired) electrons. The van der Waals surface area contributed by atoms with Gasteiger partial charge in [-0.15, -0.1) is 0 Å². The Labute approximate surface area is 206 Å². The Morgan fingerprint density at radius 1 is 0.333 bits per heavy atom. The molecule has 0 heterocycles. The highest BCUT2D eigenvalue weighted by Crippen LogP contribution is 2.37. The largest absolute Gasteiger partial charge is 0.0616 e. The second-order valence-electron chi connectivity index (χ2n) is 10.1. The molecule has 9 rings (SSSR count). The van der Waals surface area contributed by atoms with Gasteiger partial charge in [0.15, 0.2) is 0 Å². The van der Waals surface area contributed by atoms with Gasteiger partial charge in [-0.2, -0.15) is 0 Å². The molecule has 0 aromatic heterocycles. The molecule has 7 aromatic rings. The van der Waals surface area contributed by atoms with Crippen molar-refractivity contribution >= 4 is 55.2 Å². The van der Waals surface area contributed by atoms with Crippen molar-refractivity contribution in [3.63, 3.8) is 0 Å². The molecule has 0 saturated carbocycles. The van der Waals surface area contributed by atoms with E-state index in [0.717, 1.165) is 0 Å². The number of rotatable bonds is 0. The Balaban J connectivity index is 1.68. The van der Waals surface area contributed by atoms with Gasteiger partial charge in [-0.3, -0.25) is 0 Å². The average Bonchev–Trinajstić information content (AvgIpc) is 3.52. The summed E-state index contributed by atoms with van der Waals surface area (Å²) < 4.78 is 0. The fourth-order valence-corrected chi connectivity index (χ4v) is 6.82. The highest BCUT2D eigenvalue weighted by Gasteiger charge is 2.18. The van der Waals surface area contributed by atoms with Gasteiger partial charge in [-0.25, -0.2) is 0 Å². The van der Waals surface area contributed by atoms with Crippen LogP contribution in [0.5, 0.6) is 0 Å². The predicted molar refractivity (Wildman–Crippen MR) is 151 cm³/mol. The Morgan fingerprint density at radius 3 is 1.67 bits per heavy atom. The SMILES string of the molecule is C1=c2ccc3ccccc3c2=c2ccc3c(c21)c1c(c2ccccc23)C=c2ccc3ccccc3c2=1. The van der Waals surface area contributed by atoms with Crippen molar-refractivity contribution in [2.45, 2.75) is 0 Å². The topological polar surface area (TPSA) is 0 Å². The van der Waals surface area contributed by atoms with E-state index >= 15 is 0 Å². The van der Waals surface area contributed by atoms with E-state index in [9.17, 15) is 0 Å². The molecule has 0 aliphatic heterocycles. The Kier molecular flexibility index (Phi) is 3.36. The maximum Gasteiger partial charge on any atom is -0.000763 e. The molecule has 7 aromatic carbocycles. The molecule has 0 spiro atoms. The van der Waals surface area contributed by atoms with Gasteiger partial charge in [-0.05, 0) is 97.7 Å². The number of hydrogen-bond donors (Lipinski definition) is 0. The van der Waals surface area contributed by atoms with Crippen molar-refractivity contribution in [1.82, 2.24) is 0 Å². The van der Waals surface area contributed by atoms with E-state index < -0.39 is 0 Å². The lowest BCUT2D eigenvalue weighted by molar-refractivity contribution is 1.53. The molecule has 164 valence electrons. The van der Waals surface area contributed by atoms with Gasteiger partial charge in [0.1, 0.15) is 0 Å². The first-order chi connectivity index (χ1) is 17.9. The van der Waals surface area contributed by atoms with Crippen LogP contribution in [0.3, 0.4) is 0 Å². The molecule has 0 unspecified atom stereocenters. The number of fused-ring (bicyclic) bond motifs is 14. The summed E-state index contributed by atoms with van der Waals surface area (Å²) in [5, 5.41) is 18.8. The highest BCUT2D eigenvalue weighted by atomic mass is 14.2. The molecule has 0 amide bonds. The van der Waals surface area contributed by atoms with Crippen LogP contribution in [0.25, 0.3) is 55.2 Å². The van der Waals surface area contributed by atoms with Crippen LogP contribution in [-0.2, 0) is 0 Å². The first kappa shape index (κ1) is 18.6. The third kappa shape index (κ3) is 2.20. The van der Waals surface area contributed by atoms with Gasteiger partial charge in [0, 0.05) is 0 Å².